The van der Waals surface area contributed by atoms with Crippen molar-refractivity contribution >= 4 is 32.8 Å². The molecule has 132 valence electrons. The fourth-order valence-electron chi connectivity index (χ4n) is 3.17. The minimum atomic E-state index is -3.60. The van der Waals surface area contributed by atoms with E-state index >= 15 is 0 Å². The Morgan fingerprint density at radius 1 is 0.923 bits per heavy atom. The second-order valence-corrected chi connectivity index (χ2v) is 9.38. The first-order valence-corrected chi connectivity index (χ1v) is 10.7. The highest BCUT2D eigenvalue weighted by atomic mass is 32.2. The lowest BCUT2D eigenvalue weighted by Gasteiger charge is -2.29. The molecule has 0 unspecified atom stereocenters. The van der Waals surface area contributed by atoms with E-state index in [2.05, 4.69) is 0 Å². The molecule has 0 saturated carbocycles. The fourth-order valence-corrected chi connectivity index (χ4v) is 5.85. The molecule has 1 aliphatic heterocycles. The first-order valence-electron chi connectivity index (χ1n) is 8.37. The molecular formula is C20H17NO3S2. The first-order chi connectivity index (χ1) is 12.6. The maximum Gasteiger partial charge on any atom is 0.268 e. The van der Waals surface area contributed by atoms with Gasteiger partial charge in [0.15, 0.2) is 0 Å². The number of hydrogen-bond acceptors (Lipinski definition) is 4. The quantitative estimate of drug-likeness (QED) is 0.682. The van der Waals surface area contributed by atoms with Gasteiger partial charge in [0.25, 0.3) is 5.91 Å². The van der Waals surface area contributed by atoms with Gasteiger partial charge in [-0.15, -0.1) is 11.3 Å². The van der Waals surface area contributed by atoms with Gasteiger partial charge in [0, 0.05) is 12.2 Å². The number of benzene rings is 2. The van der Waals surface area contributed by atoms with Crippen molar-refractivity contribution in [2.45, 2.75) is 21.9 Å². The molecule has 0 fully saturated rings. The molecule has 3 aromatic rings. The van der Waals surface area contributed by atoms with Crippen LogP contribution >= 0.6 is 11.3 Å². The Hall–Kier alpha value is -2.44. The van der Waals surface area contributed by atoms with Crippen molar-refractivity contribution < 1.29 is 13.2 Å². The molecule has 26 heavy (non-hydrogen) atoms. The van der Waals surface area contributed by atoms with Crippen molar-refractivity contribution in [1.29, 1.82) is 0 Å². The van der Waals surface area contributed by atoms with Crippen LogP contribution in [0.25, 0.3) is 0 Å². The SMILES string of the molecule is O=C(c1ccc(S(=O)(=O)c2ccccc2)s1)N1CCCc2ccccc21. The van der Waals surface area contributed by atoms with Crippen LogP contribution in [0.3, 0.4) is 0 Å². The van der Waals surface area contributed by atoms with Gasteiger partial charge in [-0.1, -0.05) is 36.4 Å². The zero-order chi connectivity index (χ0) is 18.1. The van der Waals surface area contributed by atoms with E-state index in [0.717, 1.165) is 35.4 Å². The Bertz CT molecular complexity index is 1060. The van der Waals surface area contributed by atoms with Gasteiger partial charge in [-0.3, -0.25) is 4.79 Å². The Kier molecular flexibility index (Phi) is 4.38. The number of carbonyl (C=O) groups is 1. The van der Waals surface area contributed by atoms with E-state index in [1.807, 2.05) is 24.3 Å². The molecule has 1 aliphatic rings. The minimum Gasteiger partial charge on any atom is -0.307 e. The Labute approximate surface area is 156 Å². The van der Waals surface area contributed by atoms with Gasteiger partial charge < -0.3 is 4.90 Å². The lowest BCUT2D eigenvalue weighted by molar-refractivity contribution is 0.0989. The summed E-state index contributed by atoms with van der Waals surface area (Å²) in [5, 5.41) is 0. The average molecular weight is 383 g/mol. The minimum absolute atomic E-state index is 0.142. The van der Waals surface area contributed by atoms with Crippen LogP contribution in [-0.4, -0.2) is 20.9 Å². The third-order valence-corrected chi connectivity index (χ3v) is 7.80. The number of carbonyl (C=O) groups excluding carboxylic acids is 1. The molecule has 0 atom stereocenters. The summed E-state index contributed by atoms with van der Waals surface area (Å²) in [6, 6.07) is 19.3. The molecule has 0 radical (unpaired) electrons. The number of aryl methyl sites for hydroxylation is 1. The van der Waals surface area contributed by atoms with Crippen LogP contribution in [0.15, 0.2) is 75.8 Å². The standard InChI is InChI=1S/C20H17NO3S2/c22-20(21-14-6-8-15-7-4-5-11-17(15)21)18-12-13-19(25-18)26(23,24)16-9-2-1-3-10-16/h1-5,7,9-13H,6,8,14H2. The topological polar surface area (TPSA) is 54.5 Å². The maximum atomic E-state index is 13.0. The zero-order valence-corrected chi connectivity index (χ0v) is 15.6. The van der Waals surface area contributed by atoms with Gasteiger partial charge in [-0.2, -0.15) is 0 Å². The predicted molar refractivity (Wildman–Crippen MR) is 103 cm³/mol. The molecular weight excluding hydrogens is 366 g/mol. The maximum absolute atomic E-state index is 13.0. The summed E-state index contributed by atoms with van der Waals surface area (Å²) in [6.45, 7) is 0.647. The summed E-state index contributed by atoms with van der Waals surface area (Å²) < 4.78 is 25.7. The summed E-state index contributed by atoms with van der Waals surface area (Å²) in [4.78, 5) is 15.4. The number of anilines is 1. The number of nitrogens with zero attached hydrogens (tertiary/aromatic N) is 1. The number of para-hydroxylation sites is 1. The lowest BCUT2D eigenvalue weighted by atomic mass is 10.0. The van der Waals surface area contributed by atoms with E-state index in [-0.39, 0.29) is 15.0 Å². The molecule has 0 bridgehead atoms. The van der Waals surface area contributed by atoms with Crippen LogP contribution in [0.4, 0.5) is 5.69 Å². The van der Waals surface area contributed by atoms with Crippen molar-refractivity contribution in [3.63, 3.8) is 0 Å². The van der Waals surface area contributed by atoms with Gasteiger partial charge in [-0.25, -0.2) is 8.42 Å². The molecule has 4 rings (SSSR count). The lowest BCUT2D eigenvalue weighted by Crippen LogP contribution is -2.34. The van der Waals surface area contributed by atoms with Crippen molar-refractivity contribution in [3.05, 3.63) is 77.2 Å². The Balaban J connectivity index is 1.66. The van der Waals surface area contributed by atoms with Crippen molar-refractivity contribution in [1.82, 2.24) is 0 Å². The second-order valence-electron chi connectivity index (χ2n) is 6.12. The summed E-state index contributed by atoms with van der Waals surface area (Å²) >= 11 is 1.03. The number of sulfone groups is 1. The van der Waals surface area contributed by atoms with Crippen LogP contribution in [0, 0.1) is 0 Å². The number of thiophene rings is 1. The summed E-state index contributed by atoms with van der Waals surface area (Å²) in [7, 11) is -3.60. The van der Waals surface area contributed by atoms with Crippen molar-refractivity contribution in [2.75, 3.05) is 11.4 Å². The van der Waals surface area contributed by atoms with Gasteiger partial charge in [0.2, 0.25) is 9.84 Å². The van der Waals surface area contributed by atoms with Crippen LogP contribution in [0.1, 0.15) is 21.7 Å². The highest BCUT2D eigenvalue weighted by molar-refractivity contribution is 7.93. The Morgan fingerprint density at radius 3 is 2.46 bits per heavy atom. The highest BCUT2D eigenvalue weighted by Gasteiger charge is 2.26. The van der Waals surface area contributed by atoms with E-state index in [9.17, 15) is 13.2 Å². The smallest absolute Gasteiger partial charge is 0.268 e. The summed E-state index contributed by atoms with van der Waals surface area (Å²) in [5.74, 6) is -0.142. The molecule has 0 saturated heterocycles. The number of amides is 1. The third-order valence-electron chi connectivity index (χ3n) is 4.47. The molecule has 4 nitrogen and oxygen atoms in total. The van der Waals surface area contributed by atoms with E-state index in [0.29, 0.717) is 11.4 Å². The first kappa shape index (κ1) is 17.0. The number of rotatable bonds is 3. The van der Waals surface area contributed by atoms with Gasteiger partial charge in [0.1, 0.15) is 4.21 Å². The van der Waals surface area contributed by atoms with Gasteiger partial charge >= 0.3 is 0 Å². The Morgan fingerprint density at radius 2 is 1.65 bits per heavy atom. The molecule has 0 N–H and O–H groups in total. The summed E-state index contributed by atoms with van der Waals surface area (Å²) in [6.07, 6.45) is 1.86. The van der Waals surface area contributed by atoms with Crippen molar-refractivity contribution in [2.24, 2.45) is 0 Å². The van der Waals surface area contributed by atoms with Crippen LogP contribution in [0.5, 0.6) is 0 Å². The predicted octanol–water partition coefficient (Wildman–Crippen LogP) is 4.17. The zero-order valence-electron chi connectivity index (χ0n) is 14.0. The molecule has 1 aromatic heterocycles. The number of hydrogen-bond donors (Lipinski definition) is 0. The van der Waals surface area contributed by atoms with Gasteiger partial charge in [-0.05, 0) is 48.7 Å². The normalized spacial score (nSPS) is 14.1. The monoisotopic (exact) mass is 383 g/mol. The van der Waals surface area contributed by atoms with E-state index in [1.165, 1.54) is 6.07 Å². The van der Waals surface area contributed by atoms with Crippen LogP contribution in [0.2, 0.25) is 0 Å². The average Bonchev–Trinajstić information content (AvgIpc) is 3.19. The molecule has 2 aromatic carbocycles. The van der Waals surface area contributed by atoms with Crippen LogP contribution < -0.4 is 4.90 Å². The third kappa shape index (κ3) is 2.95. The fraction of sp³-hybridized carbons (Fsp3) is 0.150. The molecule has 6 heteroatoms. The van der Waals surface area contributed by atoms with E-state index in [1.54, 1.807) is 41.3 Å². The highest BCUT2D eigenvalue weighted by Crippen LogP contribution is 2.32. The number of fused-ring (bicyclic) bond motifs is 1. The molecule has 0 aliphatic carbocycles. The van der Waals surface area contributed by atoms with E-state index < -0.39 is 9.84 Å². The van der Waals surface area contributed by atoms with Crippen LogP contribution in [-0.2, 0) is 16.3 Å². The summed E-state index contributed by atoms with van der Waals surface area (Å²) in [5.41, 5.74) is 2.07. The second kappa shape index (κ2) is 6.70. The molecule has 1 amide bonds. The molecule has 2 heterocycles. The van der Waals surface area contributed by atoms with Gasteiger partial charge in [0.05, 0.1) is 9.77 Å². The van der Waals surface area contributed by atoms with E-state index in [4.69, 9.17) is 0 Å². The van der Waals surface area contributed by atoms with Crippen molar-refractivity contribution in [3.8, 4) is 0 Å². The molecule has 0 spiro atoms. The largest absolute Gasteiger partial charge is 0.307 e.